The summed E-state index contributed by atoms with van der Waals surface area (Å²) in [5.41, 5.74) is -0.975. The number of rotatable bonds is 1. The fourth-order valence-electron chi connectivity index (χ4n) is 1.46. The molecule has 0 radical (unpaired) electrons. The van der Waals surface area contributed by atoms with Crippen LogP contribution in [0.1, 0.15) is 11.1 Å². The summed E-state index contributed by atoms with van der Waals surface area (Å²) in [5, 5.41) is 12.7. The summed E-state index contributed by atoms with van der Waals surface area (Å²) in [6.07, 6.45) is -1.44. The highest BCUT2D eigenvalue weighted by Gasteiger charge is 2.33. The first kappa shape index (κ1) is 12.6. The summed E-state index contributed by atoms with van der Waals surface area (Å²) in [5.74, 6) is 0. The van der Waals surface area contributed by atoms with E-state index in [0.717, 1.165) is 12.1 Å². The van der Waals surface area contributed by atoms with Crippen molar-refractivity contribution in [2.75, 3.05) is 0 Å². The zero-order valence-corrected chi connectivity index (χ0v) is 10.3. The predicted octanol–water partition coefficient (Wildman–Crippen LogP) is 3.53. The second-order valence-electron chi connectivity index (χ2n) is 3.44. The average Bonchev–Trinajstić information content (AvgIpc) is 2.74. The number of nitriles is 1. The number of alkyl halides is 3. The second kappa shape index (κ2) is 4.46. The molecule has 2 rings (SSSR count). The number of hydrogen-bond acceptors (Lipinski definition) is 2. The minimum atomic E-state index is -4.53. The highest BCUT2D eigenvalue weighted by atomic mass is 79.9. The van der Waals surface area contributed by atoms with Crippen molar-refractivity contribution < 1.29 is 13.2 Å². The highest BCUT2D eigenvalue weighted by molar-refractivity contribution is 9.10. The molecule has 0 amide bonds. The summed E-state index contributed by atoms with van der Waals surface area (Å²) >= 11 is 3.18. The van der Waals surface area contributed by atoms with Crippen LogP contribution in [-0.4, -0.2) is 9.78 Å². The fraction of sp³-hybridized carbons (Fsp3) is 0.0909. The molecule has 0 saturated carbocycles. The summed E-state index contributed by atoms with van der Waals surface area (Å²) in [4.78, 5) is 0. The van der Waals surface area contributed by atoms with Crippen molar-refractivity contribution in [3.8, 4) is 11.8 Å². The normalized spacial score (nSPS) is 11.3. The van der Waals surface area contributed by atoms with Gasteiger partial charge in [0, 0.05) is 6.20 Å². The molecule has 0 atom stereocenters. The summed E-state index contributed by atoms with van der Waals surface area (Å²) in [7, 11) is 0. The topological polar surface area (TPSA) is 41.6 Å². The fourth-order valence-corrected chi connectivity index (χ4v) is 1.74. The van der Waals surface area contributed by atoms with Crippen LogP contribution in [0.15, 0.2) is 35.1 Å². The van der Waals surface area contributed by atoms with Gasteiger partial charge in [-0.2, -0.15) is 23.5 Å². The molecule has 0 fully saturated rings. The van der Waals surface area contributed by atoms with Gasteiger partial charge in [-0.25, -0.2) is 4.68 Å². The van der Waals surface area contributed by atoms with Gasteiger partial charge in [-0.1, -0.05) is 0 Å². The maximum absolute atomic E-state index is 12.6. The zero-order chi connectivity index (χ0) is 13.3. The first-order valence-corrected chi connectivity index (χ1v) is 5.53. The van der Waals surface area contributed by atoms with Gasteiger partial charge in [0.2, 0.25) is 0 Å². The Bertz CT molecular complexity index is 625. The molecule has 0 aliphatic rings. The second-order valence-corrected chi connectivity index (χ2v) is 4.36. The Morgan fingerprint density at radius 1 is 1.33 bits per heavy atom. The molecule has 2 aromatic rings. The third kappa shape index (κ3) is 2.38. The summed E-state index contributed by atoms with van der Waals surface area (Å²) < 4.78 is 39.9. The lowest BCUT2D eigenvalue weighted by Crippen LogP contribution is -2.08. The summed E-state index contributed by atoms with van der Waals surface area (Å²) in [6.45, 7) is 0. The van der Waals surface area contributed by atoms with Crippen LogP contribution in [0.4, 0.5) is 13.2 Å². The Hall–Kier alpha value is -1.81. The lowest BCUT2D eigenvalue weighted by Gasteiger charge is -2.10. The molecule has 0 aliphatic heterocycles. The number of aromatic nitrogens is 2. The number of benzene rings is 1. The Balaban J connectivity index is 2.53. The largest absolute Gasteiger partial charge is 0.417 e. The van der Waals surface area contributed by atoms with Crippen LogP contribution >= 0.6 is 15.9 Å². The smallest absolute Gasteiger partial charge is 0.240 e. The molecule has 18 heavy (non-hydrogen) atoms. The summed E-state index contributed by atoms with van der Waals surface area (Å²) in [6, 6.07) is 4.85. The van der Waals surface area contributed by atoms with Crippen LogP contribution in [-0.2, 0) is 6.18 Å². The first-order valence-electron chi connectivity index (χ1n) is 4.73. The monoisotopic (exact) mass is 315 g/mol. The van der Waals surface area contributed by atoms with E-state index in [1.165, 1.54) is 16.9 Å². The van der Waals surface area contributed by atoms with Crippen molar-refractivity contribution in [2.24, 2.45) is 0 Å². The quantitative estimate of drug-likeness (QED) is 0.808. The van der Waals surface area contributed by atoms with Crippen LogP contribution in [0, 0.1) is 11.3 Å². The Morgan fingerprint density at radius 2 is 2.06 bits per heavy atom. The van der Waals surface area contributed by atoms with E-state index < -0.39 is 17.3 Å². The molecule has 0 N–H and O–H groups in total. The van der Waals surface area contributed by atoms with Crippen LogP contribution in [0.3, 0.4) is 0 Å². The molecule has 0 aliphatic carbocycles. The molecule has 0 spiro atoms. The minimum absolute atomic E-state index is 0.394. The predicted molar refractivity (Wildman–Crippen MR) is 61.0 cm³/mol. The molecule has 92 valence electrons. The molecule has 7 heteroatoms. The van der Waals surface area contributed by atoms with Crippen LogP contribution in [0.5, 0.6) is 0 Å². The van der Waals surface area contributed by atoms with E-state index in [1.807, 2.05) is 0 Å². The standard InChI is InChI=1S/C11H5BrF3N3/c12-8-5-17-18(6-8)9-1-2-10(11(13,14)15)7(3-9)4-16/h1-3,5-6H. The third-order valence-corrected chi connectivity index (χ3v) is 2.65. The van der Waals surface area contributed by atoms with E-state index in [0.29, 0.717) is 10.2 Å². The van der Waals surface area contributed by atoms with Crippen molar-refractivity contribution in [1.82, 2.24) is 9.78 Å². The van der Waals surface area contributed by atoms with Gasteiger partial charge in [-0.15, -0.1) is 0 Å². The minimum Gasteiger partial charge on any atom is -0.240 e. The molecule has 0 bridgehead atoms. The average molecular weight is 316 g/mol. The van der Waals surface area contributed by atoms with E-state index in [4.69, 9.17) is 5.26 Å². The maximum atomic E-state index is 12.6. The number of nitrogens with zero attached hydrogens (tertiary/aromatic N) is 3. The van der Waals surface area contributed by atoms with Gasteiger partial charge in [-0.05, 0) is 34.1 Å². The van der Waals surface area contributed by atoms with E-state index in [1.54, 1.807) is 12.3 Å². The number of hydrogen-bond donors (Lipinski definition) is 0. The third-order valence-electron chi connectivity index (χ3n) is 2.24. The molecule has 3 nitrogen and oxygen atoms in total. The molecule has 1 heterocycles. The van der Waals surface area contributed by atoms with Gasteiger partial charge >= 0.3 is 6.18 Å². The van der Waals surface area contributed by atoms with Gasteiger partial charge in [0.15, 0.2) is 0 Å². The van der Waals surface area contributed by atoms with Crippen molar-refractivity contribution in [1.29, 1.82) is 5.26 Å². The van der Waals surface area contributed by atoms with E-state index in [-0.39, 0.29) is 0 Å². The number of halogens is 4. The maximum Gasteiger partial charge on any atom is 0.417 e. The highest BCUT2D eigenvalue weighted by Crippen LogP contribution is 2.32. The van der Waals surface area contributed by atoms with E-state index >= 15 is 0 Å². The lowest BCUT2D eigenvalue weighted by atomic mass is 10.1. The van der Waals surface area contributed by atoms with Gasteiger partial charge in [0.25, 0.3) is 0 Å². The Labute approximate surface area is 109 Å². The zero-order valence-electron chi connectivity index (χ0n) is 8.74. The Morgan fingerprint density at radius 3 is 2.56 bits per heavy atom. The van der Waals surface area contributed by atoms with Crippen LogP contribution in [0.2, 0.25) is 0 Å². The molecule has 0 saturated heterocycles. The van der Waals surface area contributed by atoms with Crippen molar-refractivity contribution >= 4 is 15.9 Å². The van der Waals surface area contributed by atoms with Crippen LogP contribution in [0.25, 0.3) is 5.69 Å². The van der Waals surface area contributed by atoms with Crippen molar-refractivity contribution in [2.45, 2.75) is 6.18 Å². The van der Waals surface area contributed by atoms with E-state index in [2.05, 4.69) is 21.0 Å². The van der Waals surface area contributed by atoms with Crippen molar-refractivity contribution in [3.63, 3.8) is 0 Å². The van der Waals surface area contributed by atoms with Gasteiger partial charge in [0.1, 0.15) is 0 Å². The lowest BCUT2D eigenvalue weighted by molar-refractivity contribution is -0.137. The SMILES string of the molecule is N#Cc1cc(-n2cc(Br)cn2)ccc1C(F)(F)F. The Kier molecular flexibility index (Phi) is 3.13. The van der Waals surface area contributed by atoms with Gasteiger partial charge in [-0.3, -0.25) is 0 Å². The molecule has 1 aromatic heterocycles. The van der Waals surface area contributed by atoms with Gasteiger partial charge < -0.3 is 0 Å². The van der Waals surface area contributed by atoms with Gasteiger partial charge in [0.05, 0.1) is 33.6 Å². The molecule has 0 unspecified atom stereocenters. The van der Waals surface area contributed by atoms with Crippen LogP contribution < -0.4 is 0 Å². The first-order chi connectivity index (χ1) is 8.41. The molecular weight excluding hydrogens is 311 g/mol. The van der Waals surface area contributed by atoms with E-state index in [9.17, 15) is 13.2 Å². The molecule has 1 aromatic carbocycles. The molecular formula is C11H5BrF3N3. The van der Waals surface area contributed by atoms with Crippen molar-refractivity contribution in [3.05, 3.63) is 46.2 Å².